The third kappa shape index (κ3) is 5.84. The maximum atomic E-state index is 14.1. The third-order valence-corrected chi connectivity index (χ3v) is 4.84. The van der Waals surface area contributed by atoms with Crippen molar-refractivity contribution in [3.8, 4) is 0 Å². The predicted octanol–water partition coefficient (Wildman–Crippen LogP) is 3.48. The van der Waals surface area contributed by atoms with Crippen molar-refractivity contribution < 1.29 is 22.7 Å². The van der Waals surface area contributed by atoms with E-state index in [1.165, 1.54) is 42.7 Å². The van der Waals surface area contributed by atoms with E-state index < -0.39 is 18.1 Å². The highest BCUT2D eigenvalue weighted by atomic mass is 19.3. The quantitative estimate of drug-likeness (QED) is 0.402. The van der Waals surface area contributed by atoms with Gasteiger partial charge in [-0.25, -0.2) is 23.6 Å². The molecule has 0 radical (unpaired) electrons. The minimum atomic E-state index is -2.63. The van der Waals surface area contributed by atoms with E-state index in [-0.39, 0.29) is 28.6 Å². The highest BCUT2D eigenvalue weighted by molar-refractivity contribution is 6.04. The molecule has 2 aromatic heterocycles. The first-order valence-corrected chi connectivity index (χ1v) is 10.3. The summed E-state index contributed by atoms with van der Waals surface area (Å²) in [6.07, 6.45) is 1.16. The van der Waals surface area contributed by atoms with Gasteiger partial charge in [-0.05, 0) is 24.3 Å². The maximum absolute atomic E-state index is 14.1. The molecule has 0 saturated carbocycles. The molecule has 12 heteroatoms. The summed E-state index contributed by atoms with van der Waals surface area (Å²) in [7, 11) is 0. The van der Waals surface area contributed by atoms with Crippen LogP contribution < -0.4 is 15.6 Å². The van der Waals surface area contributed by atoms with Gasteiger partial charge in [0.1, 0.15) is 0 Å². The van der Waals surface area contributed by atoms with Gasteiger partial charge in [0.05, 0.1) is 36.9 Å². The molecule has 9 nitrogen and oxygen atoms in total. The molecule has 34 heavy (non-hydrogen) atoms. The largest absolute Gasteiger partial charge is 0.378 e. The Morgan fingerprint density at radius 2 is 1.97 bits per heavy atom. The van der Waals surface area contributed by atoms with Gasteiger partial charge in [-0.2, -0.15) is 10.1 Å². The van der Waals surface area contributed by atoms with Gasteiger partial charge in [-0.15, -0.1) is 0 Å². The van der Waals surface area contributed by atoms with E-state index in [0.717, 1.165) is 6.20 Å². The average Bonchev–Trinajstić information content (AvgIpc) is 2.86. The molecule has 1 aliphatic rings. The third-order valence-electron chi connectivity index (χ3n) is 4.84. The first-order valence-electron chi connectivity index (χ1n) is 10.3. The SMILES string of the molecule is O=C(Nc1cccc(C(F)F)c1)c1ccc(/C=N/Nc2ncc(F)c(N3CCOCC3)n2)nc1. The number of anilines is 3. The van der Waals surface area contributed by atoms with Crippen LogP contribution >= 0.6 is 0 Å². The summed E-state index contributed by atoms with van der Waals surface area (Å²) in [5.41, 5.74) is 3.37. The minimum Gasteiger partial charge on any atom is -0.378 e. The number of ether oxygens (including phenoxy) is 1. The van der Waals surface area contributed by atoms with Crippen LogP contribution in [0.3, 0.4) is 0 Å². The number of benzene rings is 1. The maximum Gasteiger partial charge on any atom is 0.263 e. The highest BCUT2D eigenvalue weighted by Gasteiger charge is 2.17. The van der Waals surface area contributed by atoms with Crippen LogP contribution in [-0.2, 0) is 4.74 Å². The summed E-state index contributed by atoms with van der Waals surface area (Å²) in [5, 5.41) is 6.55. The Labute approximate surface area is 192 Å². The molecule has 3 aromatic rings. The number of hydrogen-bond acceptors (Lipinski definition) is 8. The zero-order valence-corrected chi connectivity index (χ0v) is 17.8. The van der Waals surface area contributed by atoms with Crippen molar-refractivity contribution in [3.63, 3.8) is 0 Å². The summed E-state index contributed by atoms with van der Waals surface area (Å²) in [6, 6.07) is 8.53. The van der Waals surface area contributed by atoms with Crippen molar-refractivity contribution in [1.82, 2.24) is 15.0 Å². The fourth-order valence-corrected chi connectivity index (χ4v) is 3.14. The van der Waals surface area contributed by atoms with Crippen molar-refractivity contribution in [1.29, 1.82) is 0 Å². The molecule has 3 heterocycles. The smallest absolute Gasteiger partial charge is 0.263 e. The zero-order valence-electron chi connectivity index (χ0n) is 17.8. The lowest BCUT2D eigenvalue weighted by molar-refractivity contribution is 0.102. The summed E-state index contributed by atoms with van der Waals surface area (Å²) in [5.74, 6) is -0.742. The second kappa shape index (κ2) is 10.7. The van der Waals surface area contributed by atoms with Crippen LogP contribution in [0.5, 0.6) is 0 Å². The van der Waals surface area contributed by atoms with E-state index in [1.807, 2.05) is 0 Å². The van der Waals surface area contributed by atoms with E-state index in [0.29, 0.717) is 32.0 Å². The number of rotatable bonds is 7. The molecule has 1 amide bonds. The van der Waals surface area contributed by atoms with Crippen LogP contribution in [0.1, 0.15) is 28.0 Å². The van der Waals surface area contributed by atoms with Gasteiger partial charge >= 0.3 is 0 Å². The monoisotopic (exact) mass is 471 g/mol. The summed E-state index contributed by atoms with van der Waals surface area (Å²) in [4.78, 5) is 26.3. The molecule has 0 aliphatic carbocycles. The minimum absolute atomic E-state index is 0.112. The first kappa shape index (κ1) is 23.1. The fraction of sp³-hybridized carbons (Fsp3) is 0.227. The van der Waals surface area contributed by atoms with Crippen molar-refractivity contribution in [3.05, 3.63) is 71.4 Å². The van der Waals surface area contributed by atoms with Crippen LogP contribution in [0.25, 0.3) is 0 Å². The topological polar surface area (TPSA) is 105 Å². The van der Waals surface area contributed by atoms with E-state index in [4.69, 9.17) is 4.74 Å². The normalized spacial score (nSPS) is 13.9. The molecule has 2 N–H and O–H groups in total. The van der Waals surface area contributed by atoms with E-state index >= 15 is 0 Å². The molecule has 176 valence electrons. The number of hydrazone groups is 1. The first-order chi connectivity index (χ1) is 16.5. The lowest BCUT2D eigenvalue weighted by Gasteiger charge is -2.27. The molecule has 1 aromatic carbocycles. The van der Waals surface area contributed by atoms with Crippen LogP contribution in [0.4, 0.5) is 30.6 Å². The molecular weight excluding hydrogens is 451 g/mol. The fourth-order valence-electron chi connectivity index (χ4n) is 3.14. The molecule has 1 aliphatic heterocycles. The molecule has 0 bridgehead atoms. The number of carbonyl (C=O) groups is 1. The summed E-state index contributed by atoms with van der Waals surface area (Å²) >= 11 is 0. The number of hydrogen-bond donors (Lipinski definition) is 2. The lowest BCUT2D eigenvalue weighted by atomic mass is 10.2. The molecule has 4 rings (SSSR count). The number of morpholine rings is 1. The summed E-state index contributed by atoms with van der Waals surface area (Å²) < 4.78 is 45.0. The number of amides is 1. The number of halogens is 3. The van der Waals surface area contributed by atoms with E-state index in [9.17, 15) is 18.0 Å². The van der Waals surface area contributed by atoms with Gasteiger partial charge in [0.2, 0.25) is 5.95 Å². The van der Waals surface area contributed by atoms with Gasteiger partial charge < -0.3 is 15.0 Å². The van der Waals surface area contributed by atoms with Crippen LogP contribution in [-0.4, -0.2) is 53.4 Å². The van der Waals surface area contributed by atoms with Crippen molar-refractivity contribution in [2.45, 2.75) is 6.43 Å². The molecule has 1 saturated heterocycles. The van der Waals surface area contributed by atoms with E-state index in [2.05, 4.69) is 30.8 Å². The van der Waals surface area contributed by atoms with Gasteiger partial charge in [-0.1, -0.05) is 12.1 Å². The Morgan fingerprint density at radius 3 is 2.71 bits per heavy atom. The van der Waals surface area contributed by atoms with Crippen LogP contribution in [0.15, 0.2) is 53.9 Å². The van der Waals surface area contributed by atoms with Crippen molar-refractivity contribution in [2.75, 3.05) is 41.9 Å². The van der Waals surface area contributed by atoms with Crippen molar-refractivity contribution >= 4 is 29.6 Å². The zero-order chi connectivity index (χ0) is 23.9. The van der Waals surface area contributed by atoms with Gasteiger partial charge in [0.15, 0.2) is 11.6 Å². The van der Waals surface area contributed by atoms with Gasteiger partial charge in [0.25, 0.3) is 12.3 Å². The Hall–Kier alpha value is -4.06. The Kier molecular flexibility index (Phi) is 7.28. The second-order valence-electron chi connectivity index (χ2n) is 7.19. The number of alkyl halides is 2. The lowest BCUT2D eigenvalue weighted by Crippen LogP contribution is -2.37. The van der Waals surface area contributed by atoms with Crippen LogP contribution in [0, 0.1) is 5.82 Å². The standard InChI is InChI=1S/C22H20F3N7O2/c23-18-13-27-22(30-20(18)32-6-8-34-9-7-32)31-28-12-17-5-4-15(11-26-17)21(33)29-16-3-1-2-14(10-16)19(24)25/h1-5,10-13,19H,6-9H2,(H,29,33)(H,27,30,31)/b28-12+. The molecule has 0 atom stereocenters. The molecular formula is C22H20F3N7O2. The number of carbonyl (C=O) groups excluding carboxylic acids is 1. The predicted molar refractivity (Wildman–Crippen MR) is 120 cm³/mol. The Bertz CT molecular complexity index is 1170. The van der Waals surface area contributed by atoms with Gasteiger partial charge in [0, 0.05) is 30.5 Å². The number of nitrogens with zero attached hydrogens (tertiary/aromatic N) is 5. The number of nitrogens with one attached hydrogen (secondary N) is 2. The van der Waals surface area contributed by atoms with Crippen LogP contribution in [0.2, 0.25) is 0 Å². The molecule has 0 unspecified atom stereocenters. The van der Waals surface area contributed by atoms with E-state index in [1.54, 1.807) is 11.0 Å². The highest BCUT2D eigenvalue weighted by Crippen LogP contribution is 2.22. The second-order valence-corrected chi connectivity index (χ2v) is 7.19. The Morgan fingerprint density at radius 1 is 1.15 bits per heavy atom. The number of aromatic nitrogens is 3. The van der Waals surface area contributed by atoms with Gasteiger partial charge in [-0.3, -0.25) is 9.78 Å². The average molecular weight is 471 g/mol. The number of pyridine rings is 1. The molecule has 0 spiro atoms. The molecule has 1 fully saturated rings. The summed E-state index contributed by atoms with van der Waals surface area (Å²) in [6.45, 7) is 2.04. The van der Waals surface area contributed by atoms with Crippen molar-refractivity contribution in [2.24, 2.45) is 5.10 Å². The Balaban J connectivity index is 1.36.